The molecule has 0 heterocycles. The van der Waals surface area contributed by atoms with Crippen LogP contribution in [0.5, 0.6) is 0 Å². The van der Waals surface area contributed by atoms with Crippen molar-refractivity contribution < 1.29 is 19.2 Å². The van der Waals surface area contributed by atoms with Gasteiger partial charge in [0.2, 0.25) is 0 Å². The van der Waals surface area contributed by atoms with Crippen molar-refractivity contribution in [2.75, 3.05) is 20.0 Å². The van der Waals surface area contributed by atoms with E-state index in [9.17, 15) is 0 Å². The molecule has 0 atom stereocenters. The van der Waals surface area contributed by atoms with Crippen molar-refractivity contribution in [3.05, 3.63) is 0 Å². The van der Waals surface area contributed by atoms with Crippen LogP contribution in [0.1, 0.15) is 0 Å². The molecule has 4 nitrogen and oxygen atoms in total. The second-order valence-corrected chi connectivity index (χ2v) is 5.37. The highest BCUT2D eigenvalue weighted by Gasteiger charge is 2.11. The van der Waals surface area contributed by atoms with Gasteiger partial charge in [0.1, 0.15) is 0 Å². The van der Waals surface area contributed by atoms with Gasteiger partial charge in [-0.1, -0.05) is 0 Å². The molecular formula is C3H9O4P2. The average molecular weight is 171 g/mol. The first kappa shape index (κ1) is 12.2. The standard InChI is InChI=1S/C3H9P.H3O4P/c1-4(2)3;1-5(2,3)4/h1-3H3;(H3,1,2,3,4)/q+3;/p-3. The highest BCUT2D eigenvalue weighted by Crippen LogP contribution is 2.14. The molecule has 0 saturated heterocycles. The van der Waals surface area contributed by atoms with E-state index in [2.05, 4.69) is 20.0 Å². The molecule has 6 heteroatoms. The number of hydrogen-bond acceptors (Lipinski definition) is 4. The zero-order valence-electron chi connectivity index (χ0n) is 5.53. The first-order chi connectivity index (χ1) is 3.73. The Morgan fingerprint density at radius 2 is 1.11 bits per heavy atom. The minimum atomic E-state index is -5.39. The van der Waals surface area contributed by atoms with Crippen LogP contribution in [0.25, 0.3) is 0 Å². The predicted octanol–water partition coefficient (Wildman–Crippen LogP) is -1.47. The molecule has 0 spiro atoms. The molecule has 0 aliphatic heterocycles. The lowest BCUT2D eigenvalue weighted by Gasteiger charge is -2.36. The largest absolute Gasteiger partial charge is 0.822 e. The van der Waals surface area contributed by atoms with Crippen molar-refractivity contribution in [1.82, 2.24) is 0 Å². The summed E-state index contributed by atoms with van der Waals surface area (Å²) in [7, 11) is -5.01. The fourth-order valence-corrected chi connectivity index (χ4v) is 0. The van der Waals surface area contributed by atoms with Crippen LogP contribution in [0.15, 0.2) is 0 Å². The summed E-state index contributed by atoms with van der Waals surface area (Å²) < 4.78 is 8.55. The summed E-state index contributed by atoms with van der Waals surface area (Å²) >= 11 is 0. The summed E-state index contributed by atoms with van der Waals surface area (Å²) in [5, 5.41) is 0. The van der Waals surface area contributed by atoms with Crippen LogP contribution >= 0.6 is 15.7 Å². The maximum absolute atomic E-state index is 8.55. The Morgan fingerprint density at radius 3 is 1.11 bits per heavy atom. The van der Waals surface area contributed by atoms with Gasteiger partial charge in [0.25, 0.3) is 20.0 Å². The molecule has 0 N–H and O–H groups in total. The fourth-order valence-electron chi connectivity index (χ4n) is 0. The summed E-state index contributed by atoms with van der Waals surface area (Å²) in [5.74, 6) is 0. The molecule has 0 aliphatic rings. The Kier molecular flexibility index (Phi) is 7.25. The van der Waals surface area contributed by atoms with E-state index in [1.807, 2.05) is 0 Å². The minimum Gasteiger partial charge on any atom is -0.822 e. The third kappa shape index (κ3) is 1250. The Morgan fingerprint density at radius 1 is 1.11 bits per heavy atom. The van der Waals surface area contributed by atoms with E-state index in [1.165, 1.54) is 0 Å². The molecule has 0 aromatic rings. The van der Waals surface area contributed by atoms with Crippen molar-refractivity contribution in [1.29, 1.82) is 0 Å². The molecule has 0 rings (SSSR count). The van der Waals surface area contributed by atoms with E-state index in [0.29, 0.717) is 7.92 Å². The van der Waals surface area contributed by atoms with Crippen molar-refractivity contribution >= 4 is 15.7 Å². The van der Waals surface area contributed by atoms with Gasteiger partial charge in [0.05, 0.1) is 0 Å². The predicted molar refractivity (Wildman–Crippen MR) is 32.3 cm³/mol. The second kappa shape index (κ2) is 5.33. The quantitative estimate of drug-likeness (QED) is 0.416. The Hall–Kier alpha value is 0.540. The summed E-state index contributed by atoms with van der Waals surface area (Å²) in [6.45, 7) is 6.69. The summed E-state index contributed by atoms with van der Waals surface area (Å²) in [6.07, 6.45) is 0. The van der Waals surface area contributed by atoms with Gasteiger partial charge in [0, 0.05) is 0 Å². The van der Waals surface area contributed by atoms with Gasteiger partial charge in [-0.05, 0) is 0 Å². The maximum atomic E-state index is 8.55. The van der Waals surface area contributed by atoms with Gasteiger partial charge >= 0.3 is 7.92 Å². The molecule has 0 saturated carbocycles. The highest BCUT2D eigenvalue weighted by atomic mass is 31.2. The van der Waals surface area contributed by atoms with Gasteiger partial charge in [-0.25, -0.2) is 0 Å². The molecule has 0 unspecified atom stereocenters. The molecule has 0 amide bonds. The Bertz CT molecular complexity index is 85.0. The Balaban J connectivity index is 0. The first-order valence-corrected chi connectivity index (χ1v) is 6.22. The lowest BCUT2D eigenvalue weighted by molar-refractivity contribution is -0.432. The monoisotopic (exact) mass is 171 g/mol. The van der Waals surface area contributed by atoms with Crippen molar-refractivity contribution in [2.24, 2.45) is 0 Å². The maximum Gasteiger partial charge on any atom is 0.459 e. The molecule has 3 radical (unpaired) electrons. The van der Waals surface area contributed by atoms with Crippen LogP contribution in [-0.4, -0.2) is 20.0 Å². The summed E-state index contributed by atoms with van der Waals surface area (Å²) in [5.41, 5.74) is 0. The van der Waals surface area contributed by atoms with Gasteiger partial charge in [0.15, 0.2) is 0 Å². The lowest BCUT2D eigenvalue weighted by atomic mass is 11.9. The van der Waals surface area contributed by atoms with Gasteiger partial charge in [-0.15, -0.1) is 0 Å². The number of phosphoric acid groups is 1. The average Bonchev–Trinajstić information content (AvgIpc) is 1.19. The second-order valence-electron chi connectivity index (χ2n) is 1.79. The summed E-state index contributed by atoms with van der Waals surface area (Å²) in [6, 6.07) is 0. The normalized spacial score (nSPS) is 10.6. The third-order valence-corrected chi connectivity index (χ3v) is 0. The van der Waals surface area contributed by atoms with Crippen LogP contribution in [0.2, 0.25) is 0 Å². The van der Waals surface area contributed by atoms with Crippen LogP contribution in [0, 0.1) is 0 Å². The van der Waals surface area contributed by atoms with E-state index in [4.69, 9.17) is 19.2 Å². The zero-order chi connectivity index (χ0) is 8.08. The van der Waals surface area contributed by atoms with Crippen molar-refractivity contribution in [3.8, 4) is 0 Å². The molecule has 0 fully saturated rings. The molecule has 9 heavy (non-hydrogen) atoms. The Labute approximate surface area is 55.9 Å². The highest BCUT2D eigenvalue weighted by molar-refractivity contribution is 7.55. The SMILES string of the molecule is C[P+3](C)C.O=P([O-])([O-])[O-]. The first-order valence-electron chi connectivity index (χ1n) is 2.07. The molecule has 0 aromatic heterocycles. The van der Waals surface area contributed by atoms with Gasteiger partial charge < -0.3 is 19.2 Å². The lowest BCUT2D eigenvalue weighted by Crippen LogP contribution is -2.24. The van der Waals surface area contributed by atoms with Gasteiger partial charge in [-0.3, -0.25) is 0 Å². The number of hydrogen-bond donors (Lipinski definition) is 0. The molecular weight excluding hydrogens is 162 g/mol. The van der Waals surface area contributed by atoms with Crippen LogP contribution in [-0.2, 0) is 4.57 Å². The molecule has 55 valence electrons. The third-order valence-electron chi connectivity index (χ3n) is 0. The molecule has 0 aromatic carbocycles. The fraction of sp³-hybridized carbons (Fsp3) is 1.00. The van der Waals surface area contributed by atoms with E-state index in [1.54, 1.807) is 0 Å². The minimum absolute atomic E-state index is 0.380. The molecule has 0 bridgehead atoms. The van der Waals surface area contributed by atoms with Gasteiger partial charge in [-0.2, -0.15) is 7.82 Å². The van der Waals surface area contributed by atoms with Crippen LogP contribution in [0.3, 0.4) is 0 Å². The topological polar surface area (TPSA) is 86.2 Å². The van der Waals surface area contributed by atoms with Crippen molar-refractivity contribution in [2.45, 2.75) is 0 Å². The van der Waals surface area contributed by atoms with E-state index in [-0.39, 0.29) is 0 Å². The van der Waals surface area contributed by atoms with E-state index < -0.39 is 7.82 Å². The zero-order valence-corrected chi connectivity index (χ0v) is 7.32. The number of rotatable bonds is 0. The van der Waals surface area contributed by atoms with Crippen LogP contribution < -0.4 is 14.7 Å². The van der Waals surface area contributed by atoms with E-state index in [0.717, 1.165) is 0 Å². The molecule has 0 aliphatic carbocycles. The smallest absolute Gasteiger partial charge is 0.459 e. The van der Waals surface area contributed by atoms with Crippen molar-refractivity contribution in [3.63, 3.8) is 0 Å². The van der Waals surface area contributed by atoms with Crippen LogP contribution in [0.4, 0.5) is 0 Å². The van der Waals surface area contributed by atoms with E-state index >= 15 is 0 Å². The summed E-state index contributed by atoms with van der Waals surface area (Å²) in [4.78, 5) is 25.6.